The van der Waals surface area contributed by atoms with Crippen LogP contribution in [0.2, 0.25) is 0 Å². The Morgan fingerprint density at radius 2 is 1.71 bits per heavy atom. The Balaban J connectivity index is 1.81. The number of imide groups is 1. The number of epoxide rings is 1. The van der Waals surface area contributed by atoms with Crippen molar-refractivity contribution < 1.29 is 14.3 Å². The van der Waals surface area contributed by atoms with Gasteiger partial charge in [-0.1, -0.05) is 19.1 Å². The molecule has 4 heteroatoms. The number of ether oxygens (including phenoxy) is 1. The lowest BCUT2D eigenvalue weighted by Gasteiger charge is -2.11. The van der Waals surface area contributed by atoms with E-state index in [1.807, 2.05) is 6.92 Å². The van der Waals surface area contributed by atoms with Gasteiger partial charge >= 0.3 is 0 Å². The second-order valence-corrected chi connectivity index (χ2v) is 4.39. The molecule has 3 rings (SSSR count). The van der Waals surface area contributed by atoms with E-state index >= 15 is 0 Å². The number of amides is 2. The van der Waals surface area contributed by atoms with Crippen LogP contribution in [0.25, 0.3) is 0 Å². The van der Waals surface area contributed by atoms with Crippen LogP contribution in [-0.2, 0) is 4.74 Å². The molecule has 2 aliphatic rings. The van der Waals surface area contributed by atoms with Crippen LogP contribution < -0.4 is 0 Å². The second-order valence-electron chi connectivity index (χ2n) is 4.39. The number of carbonyl (C=O) groups excluding carboxylic acids is 2. The van der Waals surface area contributed by atoms with Crippen LogP contribution in [0, 0.1) is 0 Å². The molecule has 2 amide bonds. The molecule has 0 aliphatic carbocycles. The fourth-order valence-corrected chi connectivity index (χ4v) is 2.28. The molecule has 1 fully saturated rings. The molecule has 0 aromatic heterocycles. The van der Waals surface area contributed by atoms with Gasteiger partial charge in [0.25, 0.3) is 11.8 Å². The standard InChI is InChI=1S/C13H13NO3/c1-2-10-11(17-10)7-14-12(15)8-5-3-4-6-9(8)13(14)16/h3-6,10-11H,2,7H2,1H3. The lowest BCUT2D eigenvalue weighted by molar-refractivity contribution is 0.0642. The van der Waals surface area contributed by atoms with E-state index in [1.54, 1.807) is 24.3 Å². The van der Waals surface area contributed by atoms with Crippen molar-refractivity contribution in [1.82, 2.24) is 4.90 Å². The van der Waals surface area contributed by atoms with Gasteiger partial charge in [-0.2, -0.15) is 0 Å². The zero-order chi connectivity index (χ0) is 12.0. The topological polar surface area (TPSA) is 49.9 Å². The minimum Gasteiger partial charge on any atom is -0.368 e. The highest BCUT2D eigenvalue weighted by Crippen LogP contribution is 2.29. The van der Waals surface area contributed by atoms with E-state index in [9.17, 15) is 9.59 Å². The van der Waals surface area contributed by atoms with E-state index < -0.39 is 0 Å². The molecule has 2 atom stereocenters. The third-order valence-electron chi connectivity index (χ3n) is 3.33. The Morgan fingerprint density at radius 3 is 2.18 bits per heavy atom. The Morgan fingerprint density at radius 1 is 1.12 bits per heavy atom. The minimum absolute atomic E-state index is 0.0298. The highest BCUT2D eigenvalue weighted by molar-refractivity contribution is 6.21. The monoisotopic (exact) mass is 231 g/mol. The highest BCUT2D eigenvalue weighted by Gasteiger charge is 2.44. The van der Waals surface area contributed by atoms with Gasteiger partial charge in [0.1, 0.15) is 6.10 Å². The fourth-order valence-electron chi connectivity index (χ4n) is 2.28. The van der Waals surface area contributed by atoms with Crippen molar-refractivity contribution in [2.24, 2.45) is 0 Å². The smallest absolute Gasteiger partial charge is 0.261 e. The fraction of sp³-hybridized carbons (Fsp3) is 0.385. The first-order valence-electron chi connectivity index (χ1n) is 5.83. The molecule has 0 radical (unpaired) electrons. The van der Waals surface area contributed by atoms with E-state index in [1.165, 1.54) is 4.90 Å². The van der Waals surface area contributed by atoms with Crippen LogP contribution >= 0.6 is 0 Å². The van der Waals surface area contributed by atoms with Crippen molar-refractivity contribution >= 4 is 11.8 Å². The number of hydrogen-bond donors (Lipinski definition) is 0. The second kappa shape index (κ2) is 3.67. The van der Waals surface area contributed by atoms with Crippen molar-refractivity contribution in [3.8, 4) is 0 Å². The Bertz CT molecular complexity index is 462. The zero-order valence-electron chi connectivity index (χ0n) is 9.55. The summed E-state index contributed by atoms with van der Waals surface area (Å²) >= 11 is 0. The van der Waals surface area contributed by atoms with Crippen molar-refractivity contribution in [2.45, 2.75) is 25.6 Å². The van der Waals surface area contributed by atoms with Gasteiger partial charge in [0.2, 0.25) is 0 Å². The first-order valence-corrected chi connectivity index (χ1v) is 5.83. The van der Waals surface area contributed by atoms with Crippen LogP contribution in [0.1, 0.15) is 34.1 Å². The van der Waals surface area contributed by atoms with Gasteiger partial charge < -0.3 is 4.74 Å². The summed E-state index contributed by atoms with van der Waals surface area (Å²) < 4.78 is 5.38. The molecule has 2 unspecified atom stereocenters. The predicted octanol–water partition coefficient (Wildman–Crippen LogP) is 1.46. The van der Waals surface area contributed by atoms with E-state index in [2.05, 4.69) is 0 Å². The maximum atomic E-state index is 12.0. The van der Waals surface area contributed by atoms with E-state index in [4.69, 9.17) is 4.74 Å². The largest absolute Gasteiger partial charge is 0.368 e. The summed E-state index contributed by atoms with van der Waals surface area (Å²) in [6.07, 6.45) is 1.16. The van der Waals surface area contributed by atoms with E-state index in [0.717, 1.165) is 6.42 Å². The summed E-state index contributed by atoms with van der Waals surface area (Å²) in [6, 6.07) is 6.94. The quantitative estimate of drug-likeness (QED) is 0.584. The van der Waals surface area contributed by atoms with Gasteiger partial charge in [-0.15, -0.1) is 0 Å². The molecule has 1 aromatic rings. The molecule has 2 heterocycles. The summed E-state index contributed by atoms with van der Waals surface area (Å²) in [6.45, 7) is 2.41. The van der Waals surface area contributed by atoms with Gasteiger partial charge in [-0.3, -0.25) is 14.5 Å². The summed E-state index contributed by atoms with van der Waals surface area (Å²) in [5.41, 5.74) is 1.01. The summed E-state index contributed by atoms with van der Waals surface area (Å²) in [5, 5.41) is 0. The number of carbonyl (C=O) groups is 2. The van der Waals surface area contributed by atoms with Crippen LogP contribution in [0.4, 0.5) is 0 Å². The van der Waals surface area contributed by atoms with Crippen LogP contribution in [-0.4, -0.2) is 35.5 Å². The minimum atomic E-state index is -0.198. The molecular weight excluding hydrogens is 218 g/mol. The average Bonchev–Trinajstić information content (AvgIpc) is 3.08. The third kappa shape index (κ3) is 1.56. The van der Waals surface area contributed by atoms with Gasteiger partial charge in [-0.25, -0.2) is 0 Å². The molecule has 0 N–H and O–H groups in total. The number of fused-ring (bicyclic) bond motifs is 1. The molecule has 1 saturated heterocycles. The molecule has 17 heavy (non-hydrogen) atoms. The van der Waals surface area contributed by atoms with Gasteiger partial charge in [0.15, 0.2) is 0 Å². The van der Waals surface area contributed by atoms with Crippen molar-refractivity contribution in [2.75, 3.05) is 6.54 Å². The summed E-state index contributed by atoms with van der Waals surface area (Å²) in [7, 11) is 0. The van der Waals surface area contributed by atoms with Gasteiger partial charge in [0, 0.05) is 0 Å². The first kappa shape index (κ1) is 10.5. The SMILES string of the molecule is CCC1OC1CN1C(=O)c2ccccc2C1=O. The molecule has 88 valence electrons. The third-order valence-corrected chi connectivity index (χ3v) is 3.33. The summed E-state index contributed by atoms with van der Waals surface area (Å²) in [5.74, 6) is -0.396. The maximum Gasteiger partial charge on any atom is 0.261 e. The van der Waals surface area contributed by atoms with Crippen LogP contribution in [0.5, 0.6) is 0 Å². The average molecular weight is 231 g/mol. The van der Waals surface area contributed by atoms with E-state index in [-0.39, 0.29) is 24.0 Å². The number of hydrogen-bond acceptors (Lipinski definition) is 3. The molecular formula is C13H13NO3. The van der Waals surface area contributed by atoms with Gasteiger partial charge in [0.05, 0.1) is 23.8 Å². The van der Waals surface area contributed by atoms with Crippen molar-refractivity contribution in [1.29, 1.82) is 0 Å². The van der Waals surface area contributed by atoms with Crippen molar-refractivity contribution in [3.63, 3.8) is 0 Å². The molecule has 4 nitrogen and oxygen atoms in total. The number of benzene rings is 1. The van der Waals surface area contributed by atoms with E-state index in [0.29, 0.717) is 17.7 Å². The Kier molecular flexibility index (Phi) is 2.26. The number of rotatable bonds is 3. The van der Waals surface area contributed by atoms with Gasteiger partial charge in [-0.05, 0) is 18.6 Å². The summed E-state index contributed by atoms with van der Waals surface area (Å²) in [4.78, 5) is 25.3. The lowest BCUT2D eigenvalue weighted by atomic mass is 10.1. The number of nitrogens with zero attached hydrogens (tertiary/aromatic N) is 1. The normalized spacial score (nSPS) is 26.3. The molecule has 0 bridgehead atoms. The first-order chi connectivity index (χ1) is 8.22. The highest BCUT2D eigenvalue weighted by atomic mass is 16.6. The molecule has 2 aliphatic heterocycles. The Hall–Kier alpha value is -1.68. The predicted molar refractivity (Wildman–Crippen MR) is 60.8 cm³/mol. The zero-order valence-corrected chi connectivity index (χ0v) is 9.55. The lowest BCUT2D eigenvalue weighted by Crippen LogP contribution is -2.33. The maximum absolute atomic E-state index is 12.0. The van der Waals surface area contributed by atoms with Crippen molar-refractivity contribution in [3.05, 3.63) is 35.4 Å². The molecule has 0 saturated carbocycles. The Labute approximate surface area is 99.2 Å². The molecule has 0 spiro atoms. The molecule has 1 aromatic carbocycles. The van der Waals surface area contributed by atoms with Crippen LogP contribution in [0.3, 0.4) is 0 Å². The van der Waals surface area contributed by atoms with Crippen LogP contribution in [0.15, 0.2) is 24.3 Å².